The lowest BCUT2D eigenvalue weighted by atomic mass is 9.93. The highest BCUT2D eigenvalue weighted by Gasteiger charge is 2.26. The van der Waals surface area contributed by atoms with Crippen molar-refractivity contribution in [2.75, 3.05) is 6.54 Å². The van der Waals surface area contributed by atoms with Gasteiger partial charge in [-0.2, -0.15) is 0 Å². The summed E-state index contributed by atoms with van der Waals surface area (Å²) in [6.45, 7) is 3.99. The minimum atomic E-state index is -0.177. The second-order valence-corrected chi connectivity index (χ2v) is 5.51. The van der Waals surface area contributed by atoms with Crippen molar-refractivity contribution < 1.29 is 5.11 Å². The maximum absolute atomic E-state index is 10.4. The van der Waals surface area contributed by atoms with Gasteiger partial charge in [0.05, 0.1) is 11.8 Å². The molecule has 1 aromatic rings. The molecule has 2 unspecified atom stereocenters. The molecule has 0 bridgehead atoms. The molecule has 0 saturated heterocycles. The SMILES string of the molecule is CCN(Cc1ccccn1)C1CCCCCCC1O. The summed E-state index contributed by atoms with van der Waals surface area (Å²) in [6.07, 6.45) is 8.71. The van der Waals surface area contributed by atoms with E-state index < -0.39 is 0 Å². The van der Waals surface area contributed by atoms with Crippen molar-refractivity contribution in [1.82, 2.24) is 9.88 Å². The second-order valence-electron chi connectivity index (χ2n) is 5.51. The van der Waals surface area contributed by atoms with Crippen LogP contribution in [-0.2, 0) is 6.54 Å². The van der Waals surface area contributed by atoms with Gasteiger partial charge in [-0.15, -0.1) is 0 Å². The molecule has 106 valence electrons. The van der Waals surface area contributed by atoms with Crippen LogP contribution in [0.2, 0.25) is 0 Å². The van der Waals surface area contributed by atoms with Crippen molar-refractivity contribution >= 4 is 0 Å². The number of aromatic nitrogens is 1. The number of aliphatic hydroxyl groups excluding tert-OH is 1. The lowest BCUT2D eigenvalue weighted by molar-refractivity contribution is 0.0290. The first-order valence-corrected chi connectivity index (χ1v) is 7.63. The van der Waals surface area contributed by atoms with Crippen LogP contribution in [-0.4, -0.2) is 33.7 Å². The average molecular weight is 262 g/mol. The van der Waals surface area contributed by atoms with Gasteiger partial charge in [0.15, 0.2) is 0 Å². The monoisotopic (exact) mass is 262 g/mol. The van der Waals surface area contributed by atoms with Gasteiger partial charge in [0, 0.05) is 18.8 Å². The van der Waals surface area contributed by atoms with Crippen LogP contribution in [0, 0.1) is 0 Å². The zero-order valence-electron chi connectivity index (χ0n) is 12.0. The Kier molecular flexibility index (Phi) is 5.80. The Labute approximate surface area is 116 Å². The van der Waals surface area contributed by atoms with Crippen molar-refractivity contribution in [1.29, 1.82) is 0 Å². The molecule has 3 nitrogen and oxygen atoms in total. The summed E-state index contributed by atoms with van der Waals surface area (Å²) < 4.78 is 0. The minimum absolute atomic E-state index is 0.177. The third-order valence-corrected chi connectivity index (χ3v) is 4.16. The van der Waals surface area contributed by atoms with Gasteiger partial charge in [0.2, 0.25) is 0 Å². The van der Waals surface area contributed by atoms with Crippen LogP contribution in [0.15, 0.2) is 24.4 Å². The summed E-state index contributed by atoms with van der Waals surface area (Å²) in [5, 5.41) is 10.4. The number of rotatable bonds is 4. The molecular formula is C16H26N2O. The fraction of sp³-hybridized carbons (Fsp3) is 0.688. The Morgan fingerprint density at radius 3 is 2.68 bits per heavy atom. The number of nitrogens with zero attached hydrogens (tertiary/aromatic N) is 2. The van der Waals surface area contributed by atoms with E-state index in [2.05, 4.69) is 22.9 Å². The zero-order chi connectivity index (χ0) is 13.5. The van der Waals surface area contributed by atoms with E-state index in [0.29, 0.717) is 6.04 Å². The van der Waals surface area contributed by atoms with Gasteiger partial charge in [-0.25, -0.2) is 0 Å². The van der Waals surface area contributed by atoms with Gasteiger partial charge in [0.1, 0.15) is 0 Å². The molecule has 1 fully saturated rings. The normalized spacial score (nSPS) is 25.0. The van der Waals surface area contributed by atoms with Gasteiger partial charge in [-0.1, -0.05) is 38.7 Å². The smallest absolute Gasteiger partial charge is 0.0695 e. The largest absolute Gasteiger partial charge is 0.391 e. The van der Waals surface area contributed by atoms with E-state index in [1.54, 1.807) is 0 Å². The maximum Gasteiger partial charge on any atom is 0.0695 e. The first-order valence-electron chi connectivity index (χ1n) is 7.63. The predicted molar refractivity (Wildman–Crippen MR) is 77.8 cm³/mol. The van der Waals surface area contributed by atoms with E-state index in [0.717, 1.165) is 31.6 Å². The summed E-state index contributed by atoms with van der Waals surface area (Å²) in [5.41, 5.74) is 1.10. The van der Waals surface area contributed by atoms with Crippen molar-refractivity contribution in [3.05, 3.63) is 30.1 Å². The van der Waals surface area contributed by atoms with Crippen molar-refractivity contribution in [2.45, 2.75) is 64.1 Å². The minimum Gasteiger partial charge on any atom is -0.391 e. The van der Waals surface area contributed by atoms with E-state index >= 15 is 0 Å². The molecule has 0 aromatic carbocycles. The number of pyridine rings is 1. The lowest BCUT2D eigenvalue weighted by Gasteiger charge is -2.35. The summed E-state index contributed by atoms with van der Waals surface area (Å²) in [7, 11) is 0. The molecule has 0 spiro atoms. The average Bonchev–Trinajstić information content (AvgIpc) is 2.43. The maximum atomic E-state index is 10.4. The summed E-state index contributed by atoms with van der Waals surface area (Å²) in [6, 6.07) is 6.35. The highest BCUT2D eigenvalue weighted by molar-refractivity contribution is 5.03. The molecule has 2 atom stereocenters. The van der Waals surface area contributed by atoms with E-state index in [4.69, 9.17) is 0 Å². The molecule has 0 aliphatic heterocycles. The van der Waals surface area contributed by atoms with Crippen LogP contribution in [0.1, 0.15) is 51.1 Å². The van der Waals surface area contributed by atoms with Gasteiger partial charge in [-0.3, -0.25) is 9.88 Å². The highest BCUT2D eigenvalue weighted by atomic mass is 16.3. The Balaban J connectivity index is 2.01. The Morgan fingerprint density at radius 1 is 1.21 bits per heavy atom. The zero-order valence-corrected chi connectivity index (χ0v) is 12.0. The number of likely N-dealkylation sites (N-methyl/N-ethyl adjacent to an activating group) is 1. The van der Waals surface area contributed by atoms with E-state index in [9.17, 15) is 5.11 Å². The van der Waals surface area contributed by atoms with Crippen LogP contribution in [0.4, 0.5) is 0 Å². The Morgan fingerprint density at radius 2 is 2.00 bits per heavy atom. The third kappa shape index (κ3) is 4.29. The number of hydrogen-bond acceptors (Lipinski definition) is 3. The Hall–Kier alpha value is -0.930. The third-order valence-electron chi connectivity index (χ3n) is 4.16. The van der Waals surface area contributed by atoms with E-state index in [1.807, 2.05) is 18.3 Å². The van der Waals surface area contributed by atoms with E-state index in [-0.39, 0.29) is 6.10 Å². The van der Waals surface area contributed by atoms with Crippen LogP contribution >= 0.6 is 0 Å². The summed E-state index contributed by atoms with van der Waals surface area (Å²) in [5.74, 6) is 0. The molecule has 19 heavy (non-hydrogen) atoms. The van der Waals surface area contributed by atoms with Crippen molar-refractivity contribution in [2.24, 2.45) is 0 Å². The molecule has 1 heterocycles. The highest BCUT2D eigenvalue weighted by Crippen LogP contribution is 2.23. The number of aliphatic hydroxyl groups is 1. The molecule has 0 amide bonds. The van der Waals surface area contributed by atoms with Crippen LogP contribution in [0.25, 0.3) is 0 Å². The lowest BCUT2D eigenvalue weighted by Crippen LogP contribution is -2.43. The fourth-order valence-corrected chi connectivity index (χ4v) is 3.03. The second kappa shape index (κ2) is 7.61. The summed E-state index contributed by atoms with van der Waals surface area (Å²) in [4.78, 5) is 6.79. The molecule has 0 radical (unpaired) electrons. The summed E-state index contributed by atoms with van der Waals surface area (Å²) >= 11 is 0. The van der Waals surface area contributed by atoms with Gasteiger partial charge in [-0.05, 0) is 31.5 Å². The number of hydrogen-bond donors (Lipinski definition) is 1. The van der Waals surface area contributed by atoms with Crippen molar-refractivity contribution in [3.63, 3.8) is 0 Å². The molecule has 1 aromatic heterocycles. The molecule has 1 aliphatic rings. The first-order chi connectivity index (χ1) is 9.31. The molecule has 1 N–H and O–H groups in total. The topological polar surface area (TPSA) is 36.4 Å². The molecule has 1 aliphatic carbocycles. The van der Waals surface area contributed by atoms with Crippen molar-refractivity contribution in [3.8, 4) is 0 Å². The van der Waals surface area contributed by atoms with E-state index in [1.165, 1.54) is 25.7 Å². The molecule has 2 rings (SSSR count). The fourth-order valence-electron chi connectivity index (χ4n) is 3.03. The quantitative estimate of drug-likeness (QED) is 0.906. The molecular weight excluding hydrogens is 236 g/mol. The van der Waals surface area contributed by atoms with Crippen LogP contribution in [0.3, 0.4) is 0 Å². The van der Waals surface area contributed by atoms with Crippen LogP contribution < -0.4 is 0 Å². The van der Waals surface area contributed by atoms with Gasteiger partial charge < -0.3 is 5.11 Å². The standard InChI is InChI=1S/C16H26N2O/c1-2-18(13-14-9-7-8-12-17-14)15-10-5-3-4-6-11-16(15)19/h7-9,12,15-16,19H,2-6,10-11,13H2,1H3. The van der Waals surface area contributed by atoms with Gasteiger partial charge >= 0.3 is 0 Å². The van der Waals surface area contributed by atoms with Gasteiger partial charge in [0.25, 0.3) is 0 Å². The molecule has 3 heteroatoms. The van der Waals surface area contributed by atoms with Crippen LogP contribution in [0.5, 0.6) is 0 Å². The predicted octanol–water partition coefficient (Wildman–Crippen LogP) is 2.99. The Bertz CT molecular complexity index is 355. The molecule has 1 saturated carbocycles. The first kappa shape index (κ1) is 14.5.